The van der Waals surface area contributed by atoms with Crippen molar-refractivity contribution in [2.75, 3.05) is 4.90 Å². The third-order valence-electron chi connectivity index (χ3n) is 16.5. The number of rotatable bonds is 7. The number of para-hydroxylation sites is 6. The zero-order valence-corrected chi connectivity index (χ0v) is 41.5. The Hall–Kier alpha value is -9.96. The lowest BCUT2D eigenvalue weighted by Gasteiger charge is -2.39. The Morgan fingerprint density at radius 1 is 0.276 bits per heavy atom. The third-order valence-corrected chi connectivity index (χ3v) is 16.5. The maximum Gasteiger partial charge on any atom is 0.0754 e. The van der Waals surface area contributed by atoms with Gasteiger partial charge in [0.25, 0.3) is 0 Å². The van der Waals surface area contributed by atoms with Crippen LogP contribution in [0.25, 0.3) is 99.5 Å². The van der Waals surface area contributed by atoms with Gasteiger partial charge in [-0.1, -0.05) is 212 Å². The van der Waals surface area contributed by atoms with Crippen LogP contribution in [-0.4, -0.2) is 9.13 Å². The van der Waals surface area contributed by atoms with Gasteiger partial charge in [-0.3, -0.25) is 0 Å². The molecule has 1 atom stereocenters. The first-order valence-corrected chi connectivity index (χ1v) is 26.3. The van der Waals surface area contributed by atoms with Crippen molar-refractivity contribution < 1.29 is 0 Å². The number of aromatic nitrogens is 2. The molecule has 0 radical (unpaired) electrons. The van der Waals surface area contributed by atoms with Gasteiger partial charge in [0.15, 0.2) is 0 Å². The Morgan fingerprint density at radius 3 is 1.63 bits per heavy atom. The van der Waals surface area contributed by atoms with Crippen LogP contribution in [0.4, 0.5) is 17.1 Å². The third kappa shape index (κ3) is 5.99. The quantitative estimate of drug-likeness (QED) is 0.155. The molecule has 1 unspecified atom stereocenters. The van der Waals surface area contributed by atoms with Gasteiger partial charge in [-0.25, -0.2) is 0 Å². The predicted octanol–water partition coefficient (Wildman–Crippen LogP) is 19.0. The van der Waals surface area contributed by atoms with Gasteiger partial charge in [0.05, 0.1) is 38.9 Å². The summed E-state index contributed by atoms with van der Waals surface area (Å²) in [5, 5.41) is 5.04. The second kappa shape index (κ2) is 16.5. The minimum Gasteiger partial charge on any atom is -0.310 e. The Labute approximate surface area is 441 Å². The number of fused-ring (bicyclic) bond motifs is 15. The van der Waals surface area contributed by atoms with Crippen LogP contribution in [0.2, 0.25) is 0 Å². The van der Waals surface area contributed by atoms with Crippen molar-refractivity contribution in [3.8, 4) is 55.9 Å². The molecule has 0 fully saturated rings. The molecule has 16 rings (SSSR count). The number of hydrogen-bond acceptors (Lipinski definition) is 1. The summed E-state index contributed by atoms with van der Waals surface area (Å²) in [4.78, 5) is 2.48. The van der Waals surface area contributed by atoms with Gasteiger partial charge in [0.2, 0.25) is 0 Å². The first-order chi connectivity index (χ1) is 37.7. The molecule has 2 aliphatic rings. The van der Waals surface area contributed by atoms with Gasteiger partial charge in [-0.15, -0.1) is 0 Å². The van der Waals surface area contributed by atoms with Crippen molar-refractivity contribution in [2.24, 2.45) is 0 Å². The molecule has 1 aliphatic heterocycles. The van der Waals surface area contributed by atoms with Gasteiger partial charge in [0.1, 0.15) is 0 Å². The first kappa shape index (κ1) is 42.5. The van der Waals surface area contributed by atoms with Gasteiger partial charge < -0.3 is 14.0 Å². The van der Waals surface area contributed by atoms with Crippen molar-refractivity contribution >= 4 is 60.7 Å². The lowest BCUT2D eigenvalue weighted by Crippen LogP contribution is -2.33. The highest BCUT2D eigenvalue weighted by Gasteiger charge is 2.51. The molecule has 2 aromatic heterocycles. The second-order valence-corrected chi connectivity index (χ2v) is 20.3. The van der Waals surface area contributed by atoms with E-state index in [0.29, 0.717) is 0 Å². The molecule has 3 nitrogen and oxygen atoms in total. The SMILES string of the molecule is c1ccc(-c2ccccc2-c2ccccc2N(c2ccc(-c3ccc4c(c3)c3ccccc3n4-c3ccccc3)cc2)c2ccc3c(c2)-c2ccccc2C32c3ccccc3-n3c4ccccc4c4cccc2c43)cc1. The maximum absolute atomic E-state index is 2.52. The fourth-order valence-corrected chi connectivity index (χ4v) is 13.4. The van der Waals surface area contributed by atoms with Crippen LogP contribution in [0.3, 0.4) is 0 Å². The molecule has 1 spiro atoms. The van der Waals surface area contributed by atoms with Crippen LogP contribution < -0.4 is 4.90 Å². The standard InChI is InChI=1S/C73H47N3/c1-3-20-49(21-4-1)54-24-7-8-25-55(54)57-27-10-15-34-67(57)74(52-41-38-48(39-42-52)50-40-45-70-62(46-50)59-29-12-16-35-68(59)75(70)51-22-5-2-6-23-51)53-43-44-64-61(47-53)56-26-9-13-31-63(56)73(64)65-32-14-18-37-71(65)76-69-36-17-11-28-58(69)60-30-19-33-66(73)72(60)76/h1-47H. The molecule has 76 heavy (non-hydrogen) atoms. The number of benzene rings is 12. The summed E-state index contributed by atoms with van der Waals surface area (Å²) in [6.07, 6.45) is 0. The van der Waals surface area contributed by atoms with E-state index in [4.69, 9.17) is 0 Å². The fraction of sp³-hybridized carbons (Fsp3) is 0.0137. The normalized spacial score (nSPS) is 14.1. The smallest absolute Gasteiger partial charge is 0.0754 e. The second-order valence-electron chi connectivity index (χ2n) is 20.3. The summed E-state index contributed by atoms with van der Waals surface area (Å²) in [6, 6.07) is 106. The van der Waals surface area contributed by atoms with Crippen LogP contribution in [0.1, 0.15) is 22.3 Å². The van der Waals surface area contributed by atoms with E-state index in [1.165, 1.54) is 105 Å². The van der Waals surface area contributed by atoms with Crippen molar-refractivity contribution in [2.45, 2.75) is 5.41 Å². The molecular weight excluding hydrogens is 919 g/mol. The summed E-state index contributed by atoms with van der Waals surface area (Å²) < 4.78 is 4.90. The summed E-state index contributed by atoms with van der Waals surface area (Å²) in [7, 11) is 0. The van der Waals surface area contributed by atoms with Crippen LogP contribution in [0.15, 0.2) is 285 Å². The highest BCUT2D eigenvalue weighted by molar-refractivity contribution is 6.13. The Balaban J connectivity index is 0.903. The van der Waals surface area contributed by atoms with Crippen molar-refractivity contribution in [3.63, 3.8) is 0 Å². The molecule has 0 N–H and O–H groups in total. The average molecular weight is 966 g/mol. The molecular formula is C73H47N3. The first-order valence-electron chi connectivity index (χ1n) is 26.3. The molecule has 0 bridgehead atoms. The molecule has 14 aromatic rings. The zero-order chi connectivity index (χ0) is 49.9. The molecule has 354 valence electrons. The van der Waals surface area contributed by atoms with Crippen molar-refractivity contribution in [1.82, 2.24) is 9.13 Å². The molecule has 1 aliphatic carbocycles. The minimum atomic E-state index is -0.543. The molecule has 3 heteroatoms. The van der Waals surface area contributed by atoms with Gasteiger partial charge in [0, 0.05) is 44.2 Å². The van der Waals surface area contributed by atoms with E-state index in [9.17, 15) is 0 Å². The predicted molar refractivity (Wildman–Crippen MR) is 317 cm³/mol. The van der Waals surface area contributed by atoms with Crippen LogP contribution >= 0.6 is 0 Å². The lowest BCUT2D eigenvalue weighted by atomic mass is 9.65. The van der Waals surface area contributed by atoms with E-state index in [-0.39, 0.29) is 0 Å². The van der Waals surface area contributed by atoms with Crippen molar-refractivity contribution in [3.05, 3.63) is 307 Å². The average Bonchev–Trinajstić information content (AvgIpc) is 4.28. The van der Waals surface area contributed by atoms with Crippen LogP contribution in [-0.2, 0) is 5.41 Å². The summed E-state index contributed by atoms with van der Waals surface area (Å²) in [5.74, 6) is 0. The summed E-state index contributed by atoms with van der Waals surface area (Å²) >= 11 is 0. The highest BCUT2D eigenvalue weighted by Crippen LogP contribution is 2.62. The van der Waals surface area contributed by atoms with Gasteiger partial charge in [-0.2, -0.15) is 0 Å². The summed E-state index contributed by atoms with van der Waals surface area (Å²) in [5.41, 5.74) is 24.8. The monoisotopic (exact) mass is 965 g/mol. The molecule has 0 saturated heterocycles. The van der Waals surface area contributed by atoms with Gasteiger partial charge in [-0.05, 0) is 134 Å². The highest BCUT2D eigenvalue weighted by atomic mass is 15.1. The number of hydrogen-bond donors (Lipinski definition) is 0. The van der Waals surface area contributed by atoms with E-state index in [0.717, 1.165) is 33.9 Å². The largest absolute Gasteiger partial charge is 0.310 e. The Bertz CT molecular complexity index is 4640. The topological polar surface area (TPSA) is 13.1 Å². The van der Waals surface area contributed by atoms with Crippen LogP contribution in [0, 0.1) is 0 Å². The fourth-order valence-electron chi connectivity index (χ4n) is 13.4. The maximum atomic E-state index is 2.52. The molecule has 0 amide bonds. The Morgan fingerprint density at radius 2 is 0.829 bits per heavy atom. The number of anilines is 3. The van der Waals surface area contributed by atoms with E-state index < -0.39 is 5.41 Å². The molecule has 0 saturated carbocycles. The van der Waals surface area contributed by atoms with E-state index in [1.54, 1.807) is 0 Å². The lowest BCUT2D eigenvalue weighted by molar-refractivity contribution is 0.748. The van der Waals surface area contributed by atoms with E-state index in [2.05, 4.69) is 299 Å². The van der Waals surface area contributed by atoms with Crippen molar-refractivity contribution in [1.29, 1.82) is 0 Å². The molecule has 3 heterocycles. The zero-order valence-electron chi connectivity index (χ0n) is 41.5. The van der Waals surface area contributed by atoms with Gasteiger partial charge >= 0.3 is 0 Å². The van der Waals surface area contributed by atoms with E-state index >= 15 is 0 Å². The Kier molecular flexibility index (Phi) is 9.25. The van der Waals surface area contributed by atoms with Crippen LogP contribution in [0.5, 0.6) is 0 Å². The molecule has 12 aromatic carbocycles. The minimum absolute atomic E-state index is 0.543. The summed E-state index contributed by atoms with van der Waals surface area (Å²) in [6.45, 7) is 0. The van der Waals surface area contributed by atoms with E-state index in [1.807, 2.05) is 0 Å². The number of nitrogens with zero attached hydrogens (tertiary/aromatic N) is 3.